The lowest BCUT2D eigenvalue weighted by Gasteiger charge is -2.59. The molecule has 5 unspecified atom stereocenters. The predicted octanol–water partition coefficient (Wildman–Crippen LogP) is 8.39. The van der Waals surface area contributed by atoms with Gasteiger partial charge >= 0.3 is 11.9 Å². The Balaban J connectivity index is 0.918. The zero-order chi connectivity index (χ0) is 34.9. The van der Waals surface area contributed by atoms with E-state index in [1.54, 1.807) is 0 Å². The van der Waals surface area contributed by atoms with Crippen molar-refractivity contribution in [3.8, 4) is 0 Å². The van der Waals surface area contributed by atoms with Crippen LogP contribution in [0.15, 0.2) is 54.6 Å². The second-order valence-electron chi connectivity index (χ2n) is 19.3. The number of carbonyl (C=O) groups is 2. The summed E-state index contributed by atoms with van der Waals surface area (Å²) in [6.07, 6.45) is 17.6. The van der Waals surface area contributed by atoms with Crippen molar-refractivity contribution in [2.24, 2.45) is 52.8 Å². The molecular formula is C46H60N2O4. The van der Waals surface area contributed by atoms with Gasteiger partial charge in [0.1, 0.15) is 11.2 Å². The average Bonchev–Trinajstić information content (AvgIpc) is 3.15. The summed E-state index contributed by atoms with van der Waals surface area (Å²) in [6.45, 7) is 3.47. The largest absolute Gasteiger partial charge is 0.454 e. The highest BCUT2D eigenvalue weighted by atomic mass is 16.6. The number of fused-ring (bicyclic) bond motifs is 2. The van der Waals surface area contributed by atoms with E-state index < -0.39 is 11.2 Å². The van der Waals surface area contributed by atoms with Gasteiger partial charge in [-0.15, -0.1) is 0 Å². The lowest BCUT2D eigenvalue weighted by atomic mass is 9.46. The zero-order valence-corrected chi connectivity index (χ0v) is 31.2. The van der Waals surface area contributed by atoms with Crippen LogP contribution in [0, 0.1) is 52.8 Å². The second kappa shape index (κ2) is 13.3. The molecule has 52 heavy (non-hydrogen) atoms. The Kier molecular flexibility index (Phi) is 8.62. The fraction of sp³-hybridized carbons (Fsp3) is 0.696. The molecule has 0 radical (unpaired) electrons. The Morgan fingerprint density at radius 3 is 1.85 bits per heavy atom. The molecule has 11 rings (SSSR count). The zero-order valence-electron chi connectivity index (χ0n) is 31.2. The maximum Gasteiger partial charge on any atom is 0.310 e. The van der Waals surface area contributed by atoms with Gasteiger partial charge in [-0.25, -0.2) is 0 Å². The van der Waals surface area contributed by atoms with E-state index in [2.05, 4.69) is 59.2 Å². The summed E-state index contributed by atoms with van der Waals surface area (Å²) in [5, 5.41) is 7.03. The molecule has 6 heteroatoms. The van der Waals surface area contributed by atoms with Gasteiger partial charge in [0.25, 0.3) is 0 Å². The SMILES string of the molecule is O=C(CC12CC3CCC(CC1c1ccc(C4(OC(=O)C5C6CC7CC(C6)CC5C7)CCNCC4)cc1)C(C3)C2)OC1(c2ccccc2)CCNCC1. The summed E-state index contributed by atoms with van der Waals surface area (Å²) in [4.78, 5) is 28.6. The van der Waals surface area contributed by atoms with Gasteiger partial charge in [-0.3, -0.25) is 9.59 Å². The highest BCUT2D eigenvalue weighted by molar-refractivity contribution is 5.74. The molecule has 2 saturated heterocycles. The number of hydrogen-bond acceptors (Lipinski definition) is 6. The number of nitrogens with one attached hydrogen (secondary N) is 2. The van der Waals surface area contributed by atoms with Gasteiger partial charge in [-0.05, 0) is 160 Å². The summed E-state index contributed by atoms with van der Waals surface area (Å²) in [6, 6.07) is 19.9. The molecule has 9 aliphatic rings. The molecule has 2 aliphatic heterocycles. The minimum Gasteiger partial charge on any atom is -0.454 e. The fourth-order valence-electron chi connectivity index (χ4n) is 14.4. The van der Waals surface area contributed by atoms with Crippen molar-refractivity contribution in [3.63, 3.8) is 0 Å². The van der Waals surface area contributed by atoms with E-state index in [0.29, 0.717) is 24.2 Å². The molecule has 2 aromatic carbocycles. The van der Waals surface area contributed by atoms with Crippen molar-refractivity contribution in [1.29, 1.82) is 0 Å². The summed E-state index contributed by atoms with van der Waals surface area (Å²) in [7, 11) is 0. The Labute approximate surface area is 310 Å². The van der Waals surface area contributed by atoms with Crippen molar-refractivity contribution in [2.75, 3.05) is 26.2 Å². The van der Waals surface area contributed by atoms with Gasteiger partial charge in [0.15, 0.2) is 0 Å². The van der Waals surface area contributed by atoms with Crippen molar-refractivity contribution < 1.29 is 19.1 Å². The van der Waals surface area contributed by atoms with E-state index in [1.807, 2.05) is 6.07 Å². The summed E-state index contributed by atoms with van der Waals surface area (Å²) < 4.78 is 13.5. The van der Waals surface area contributed by atoms with Crippen LogP contribution in [0.4, 0.5) is 0 Å². The highest BCUT2D eigenvalue weighted by Gasteiger charge is 2.56. The molecule has 0 aromatic heterocycles. The van der Waals surface area contributed by atoms with Crippen LogP contribution in [0.25, 0.3) is 0 Å². The Morgan fingerprint density at radius 2 is 1.19 bits per heavy atom. The quantitative estimate of drug-likeness (QED) is 0.269. The standard InChI is InChI=1S/C46H60N2O4/c49-41(51-45(12-16-47-17-13-45)38-4-2-1-3-5-38)29-44-27-30-6-7-34(37(21-30)28-44)26-40(44)33-8-10-39(11-9-33)46(14-18-48-19-15-46)52-43(50)42-35-22-31-20-32(24-35)25-36(42)23-31/h1-5,8-11,30-32,34-37,40,42,47-48H,6-7,12-29H2. The lowest BCUT2D eigenvalue weighted by Crippen LogP contribution is -2.51. The molecule has 0 spiro atoms. The Morgan fingerprint density at radius 1 is 0.596 bits per heavy atom. The number of rotatable bonds is 8. The molecule has 278 valence electrons. The first-order chi connectivity index (χ1) is 25.4. The Bertz CT molecular complexity index is 1600. The van der Waals surface area contributed by atoms with E-state index in [4.69, 9.17) is 9.47 Å². The van der Waals surface area contributed by atoms with E-state index in [-0.39, 0.29) is 23.3 Å². The molecule has 7 aliphatic carbocycles. The molecule has 7 saturated carbocycles. The molecular weight excluding hydrogens is 645 g/mol. The third-order valence-corrected chi connectivity index (χ3v) is 16.5. The fourth-order valence-corrected chi connectivity index (χ4v) is 14.4. The average molecular weight is 705 g/mol. The van der Waals surface area contributed by atoms with Crippen LogP contribution >= 0.6 is 0 Å². The Hall–Kier alpha value is -2.70. The van der Waals surface area contributed by atoms with Crippen molar-refractivity contribution in [3.05, 3.63) is 71.3 Å². The summed E-state index contributed by atoms with van der Waals surface area (Å²) in [5.74, 6) is 5.50. The number of esters is 2. The first-order valence-electron chi connectivity index (χ1n) is 21.4. The highest BCUT2D eigenvalue weighted by Crippen LogP contribution is 2.65. The molecule has 9 fully saturated rings. The van der Waals surface area contributed by atoms with Crippen LogP contribution < -0.4 is 10.6 Å². The van der Waals surface area contributed by atoms with Gasteiger partial charge in [-0.1, -0.05) is 61.0 Å². The summed E-state index contributed by atoms with van der Waals surface area (Å²) in [5.41, 5.74) is 2.51. The van der Waals surface area contributed by atoms with Gasteiger partial charge in [-0.2, -0.15) is 0 Å². The van der Waals surface area contributed by atoms with Crippen molar-refractivity contribution in [1.82, 2.24) is 10.6 Å². The molecule has 2 heterocycles. The van der Waals surface area contributed by atoms with Crippen LogP contribution in [0.2, 0.25) is 0 Å². The number of carbonyl (C=O) groups excluding carboxylic acids is 2. The first-order valence-corrected chi connectivity index (χ1v) is 21.4. The molecule has 6 nitrogen and oxygen atoms in total. The number of hydrogen-bond donors (Lipinski definition) is 2. The van der Waals surface area contributed by atoms with Crippen LogP contribution in [0.5, 0.6) is 0 Å². The van der Waals surface area contributed by atoms with Crippen LogP contribution in [0.3, 0.4) is 0 Å². The van der Waals surface area contributed by atoms with Crippen molar-refractivity contribution >= 4 is 11.9 Å². The molecule has 2 aromatic rings. The maximum atomic E-state index is 14.4. The number of piperidine rings is 2. The molecule has 0 amide bonds. The minimum absolute atomic E-state index is 0.00356. The van der Waals surface area contributed by atoms with Gasteiger partial charge in [0, 0.05) is 25.7 Å². The third-order valence-electron chi connectivity index (χ3n) is 16.5. The smallest absolute Gasteiger partial charge is 0.310 e. The van der Waals surface area contributed by atoms with Crippen molar-refractivity contribution in [2.45, 2.75) is 120 Å². The van der Waals surface area contributed by atoms with Gasteiger partial charge in [0.2, 0.25) is 0 Å². The van der Waals surface area contributed by atoms with Gasteiger partial charge < -0.3 is 20.1 Å². The number of benzene rings is 2. The predicted molar refractivity (Wildman–Crippen MR) is 201 cm³/mol. The van der Waals surface area contributed by atoms with E-state index in [1.165, 1.54) is 63.4 Å². The monoisotopic (exact) mass is 704 g/mol. The molecule has 5 atom stereocenters. The van der Waals surface area contributed by atoms with Crippen LogP contribution in [0.1, 0.15) is 125 Å². The number of ether oxygens (including phenoxy) is 2. The van der Waals surface area contributed by atoms with Crippen LogP contribution in [-0.2, 0) is 30.3 Å². The normalized spacial score (nSPS) is 39.5. The van der Waals surface area contributed by atoms with E-state index >= 15 is 0 Å². The topological polar surface area (TPSA) is 76.7 Å². The van der Waals surface area contributed by atoms with Crippen LogP contribution in [-0.4, -0.2) is 38.1 Å². The lowest BCUT2D eigenvalue weighted by molar-refractivity contribution is -0.182. The molecule has 7 bridgehead atoms. The van der Waals surface area contributed by atoms with Gasteiger partial charge in [0.05, 0.1) is 12.3 Å². The minimum atomic E-state index is -0.556. The summed E-state index contributed by atoms with van der Waals surface area (Å²) >= 11 is 0. The maximum absolute atomic E-state index is 14.4. The third kappa shape index (κ3) is 5.88. The molecule has 2 N–H and O–H groups in total. The first kappa shape index (κ1) is 33.8. The van der Waals surface area contributed by atoms with E-state index in [9.17, 15) is 9.59 Å². The van der Waals surface area contributed by atoms with E-state index in [0.717, 1.165) is 105 Å². The second-order valence-corrected chi connectivity index (χ2v) is 19.3.